The summed E-state index contributed by atoms with van der Waals surface area (Å²) in [6.07, 6.45) is 2.57. The monoisotopic (exact) mass is 404 g/mol. The van der Waals surface area contributed by atoms with Gasteiger partial charge in [0.05, 0.1) is 12.0 Å². The molecule has 0 radical (unpaired) electrons. The van der Waals surface area contributed by atoms with E-state index in [0.717, 1.165) is 25.2 Å². The Morgan fingerprint density at radius 3 is 2.27 bits per heavy atom. The van der Waals surface area contributed by atoms with E-state index in [1.165, 1.54) is 23.3 Å². The highest BCUT2D eigenvalue weighted by Crippen LogP contribution is 2.45. The van der Waals surface area contributed by atoms with Crippen molar-refractivity contribution in [1.29, 1.82) is 0 Å². The number of imide groups is 1. The number of cyclic esters (lactones) is 1. The molecule has 2 saturated heterocycles. The van der Waals surface area contributed by atoms with Crippen molar-refractivity contribution in [2.24, 2.45) is 17.8 Å². The summed E-state index contributed by atoms with van der Waals surface area (Å²) in [5, 5.41) is 0. The molecule has 3 aliphatic rings. The number of ether oxygens (including phenoxy) is 1. The minimum absolute atomic E-state index is 0.0362. The Balaban J connectivity index is 1.32. The van der Waals surface area contributed by atoms with Gasteiger partial charge in [-0.15, -0.1) is 0 Å². The summed E-state index contributed by atoms with van der Waals surface area (Å²) in [5.74, 6) is 0.800. The standard InChI is InChI=1S/C25H28N2O3/c28-24(27-21(17-30-25(27)29)13-18-7-3-1-4-8-18)23-16-26(15-22(23)20-11-12-20)14-19-9-5-2-6-10-19/h1-10,20-23H,11-17H2/t21-,22+,23-/m1/s1. The molecule has 1 saturated carbocycles. The fraction of sp³-hybridized carbons (Fsp3) is 0.440. The highest BCUT2D eigenvalue weighted by Gasteiger charge is 2.50. The summed E-state index contributed by atoms with van der Waals surface area (Å²) in [5.41, 5.74) is 2.39. The summed E-state index contributed by atoms with van der Waals surface area (Å²) in [6, 6.07) is 20.2. The molecule has 2 aromatic carbocycles. The number of hydrogen-bond acceptors (Lipinski definition) is 4. The van der Waals surface area contributed by atoms with Crippen molar-refractivity contribution in [1.82, 2.24) is 9.80 Å². The molecule has 5 nitrogen and oxygen atoms in total. The van der Waals surface area contributed by atoms with Crippen molar-refractivity contribution in [2.45, 2.75) is 31.8 Å². The second-order valence-electron chi connectivity index (χ2n) is 8.92. The van der Waals surface area contributed by atoms with Gasteiger partial charge in [0.2, 0.25) is 5.91 Å². The molecule has 3 atom stereocenters. The first-order chi connectivity index (χ1) is 14.7. The quantitative estimate of drug-likeness (QED) is 0.736. The van der Waals surface area contributed by atoms with Crippen LogP contribution in [0.25, 0.3) is 0 Å². The van der Waals surface area contributed by atoms with Crippen LogP contribution in [0.5, 0.6) is 0 Å². The van der Waals surface area contributed by atoms with Gasteiger partial charge in [-0.05, 0) is 42.2 Å². The molecule has 156 valence electrons. The number of rotatable bonds is 6. The topological polar surface area (TPSA) is 49.9 Å². The minimum Gasteiger partial charge on any atom is -0.447 e. The first-order valence-corrected chi connectivity index (χ1v) is 11.0. The highest BCUT2D eigenvalue weighted by molar-refractivity contribution is 5.95. The Morgan fingerprint density at radius 1 is 0.933 bits per heavy atom. The first kappa shape index (κ1) is 19.3. The molecule has 3 fully saturated rings. The van der Waals surface area contributed by atoms with Crippen molar-refractivity contribution in [3.63, 3.8) is 0 Å². The largest absolute Gasteiger partial charge is 0.447 e. The van der Waals surface area contributed by atoms with E-state index in [1.54, 1.807) is 0 Å². The molecule has 0 N–H and O–H groups in total. The highest BCUT2D eigenvalue weighted by atomic mass is 16.6. The van der Waals surface area contributed by atoms with Gasteiger partial charge in [0.15, 0.2) is 0 Å². The number of carbonyl (C=O) groups excluding carboxylic acids is 2. The van der Waals surface area contributed by atoms with Crippen LogP contribution in [0.4, 0.5) is 4.79 Å². The number of carbonyl (C=O) groups is 2. The Hall–Kier alpha value is -2.66. The SMILES string of the molecule is O=C1OC[C@@H](Cc2ccccc2)N1C(=O)[C@@H]1CN(Cc2ccccc2)C[C@H]1C1CC1. The van der Waals surface area contributed by atoms with Gasteiger partial charge in [-0.1, -0.05) is 60.7 Å². The third-order valence-electron chi connectivity index (χ3n) is 6.75. The Kier molecular flexibility index (Phi) is 5.30. The molecule has 2 aliphatic heterocycles. The van der Waals surface area contributed by atoms with Crippen molar-refractivity contribution >= 4 is 12.0 Å². The molecule has 0 unspecified atom stereocenters. The molecule has 1 aliphatic carbocycles. The van der Waals surface area contributed by atoms with Gasteiger partial charge < -0.3 is 4.74 Å². The van der Waals surface area contributed by atoms with Gasteiger partial charge in [-0.2, -0.15) is 0 Å². The molecular weight excluding hydrogens is 376 g/mol. The molecular formula is C25H28N2O3. The molecule has 5 rings (SSSR count). The van der Waals surface area contributed by atoms with Crippen molar-refractivity contribution in [3.05, 3.63) is 71.8 Å². The van der Waals surface area contributed by atoms with E-state index in [9.17, 15) is 9.59 Å². The lowest BCUT2D eigenvalue weighted by molar-refractivity contribution is -0.134. The molecule has 30 heavy (non-hydrogen) atoms. The number of hydrogen-bond donors (Lipinski definition) is 0. The Morgan fingerprint density at radius 2 is 1.60 bits per heavy atom. The van der Waals surface area contributed by atoms with Crippen LogP contribution in [0, 0.1) is 17.8 Å². The van der Waals surface area contributed by atoms with Crippen LogP contribution in [0.1, 0.15) is 24.0 Å². The fourth-order valence-corrected chi connectivity index (χ4v) is 5.09. The smallest absolute Gasteiger partial charge is 0.416 e. The third kappa shape index (κ3) is 3.99. The predicted octanol–water partition coefficient (Wildman–Crippen LogP) is 3.73. The van der Waals surface area contributed by atoms with Crippen molar-refractivity contribution < 1.29 is 14.3 Å². The summed E-state index contributed by atoms with van der Waals surface area (Å²) < 4.78 is 5.32. The Bertz CT molecular complexity index is 897. The molecule has 0 bridgehead atoms. The van der Waals surface area contributed by atoms with Gasteiger partial charge in [0, 0.05) is 19.6 Å². The minimum atomic E-state index is -0.475. The van der Waals surface area contributed by atoms with Crippen molar-refractivity contribution in [3.8, 4) is 0 Å². The van der Waals surface area contributed by atoms with E-state index < -0.39 is 6.09 Å². The van der Waals surface area contributed by atoms with Gasteiger partial charge in [0.25, 0.3) is 0 Å². The number of amides is 2. The zero-order valence-electron chi connectivity index (χ0n) is 17.2. The van der Waals surface area contributed by atoms with Crippen LogP contribution < -0.4 is 0 Å². The average Bonchev–Trinajstić information content (AvgIpc) is 3.43. The van der Waals surface area contributed by atoms with Gasteiger partial charge in [0.1, 0.15) is 6.61 Å². The number of benzene rings is 2. The molecule has 2 amide bonds. The predicted molar refractivity (Wildman–Crippen MR) is 114 cm³/mol. The molecule has 0 aromatic heterocycles. The molecule has 2 aromatic rings. The lowest BCUT2D eigenvalue weighted by atomic mass is 9.90. The van der Waals surface area contributed by atoms with Crippen LogP contribution in [-0.2, 0) is 22.5 Å². The zero-order chi connectivity index (χ0) is 20.5. The van der Waals surface area contributed by atoms with Crippen LogP contribution in [0.3, 0.4) is 0 Å². The summed E-state index contributed by atoms with van der Waals surface area (Å²) in [6.45, 7) is 2.79. The lowest BCUT2D eigenvalue weighted by Gasteiger charge is -2.25. The normalized spacial score (nSPS) is 26.7. The van der Waals surface area contributed by atoms with E-state index in [0.29, 0.717) is 18.3 Å². The van der Waals surface area contributed by atoms with E-state index in [4.69, 9.17) is 4.74 Å². The maximum absolute atomic E-state index is 13.6. The van der Waals surface area contributed by atoms with E-state index >= 15 is 0 Å². The lowest BCUT2D eigenvalue weighted by Crippen LogP contribution is -2.45. The van der Waals surface area contributed by atoms with Crippen LogP contribution >= 0.6 is 0 Å². The summed E-state index contributed by atoms with van der Waals surface area (Å²) in [7, 11) is 0. The van der Waals surface area contributed by atoms with E-state index in [1.807, 2.05) is 36.4 Å². The van der Waals surface area contributed by atoms with Crippen LogP contribution in [-0.4, -0.2) is 47.5 Å². The van der Waals surface area contributed by atoms with Crippen molar-refractivity contribution in [2.75, 3.05) is 19.7 Å². The Labute approximate surface area is 177 Å². The summed E-state index contributed by atoms with van der Waals surface area (Å²) >= 11 is 0. The second kappa shape index (κ2) is 8.23. The van der Waals surface area contributed by atoms with Crippen LogP contribution in [0.2, 0.25) is 0 Å². The number of nitrogens with zero attached hydrogens (tertiary/aromatic N) is 2. The van der Waals surface area contributed by atoms with Gasteiger partial charge in [-0.3, -0.25) is 9.69 Å². The molecule has 5 heteroatoms. The average molecular weight is 405 g/mol. The zero-order valence-corrected chi connectivity index (χ0v) is 17.2. The number of likely N-dealkylation sites (tertiary alicyclic amines) is 1. The molecule has 2 heterocycles. The van der Waals surface area contributed by atoms with Crippen LogP contribution in [0.15, 0.2) is 60.7 Å². The van der Waals surface area contributed by atoms with E-state index in [-0.39, 0.29) is 24.5 Å². The van der Waals surface area contributed by atoms with E-state index in [2.05, 4.69) is 29.2 Å². The second-order valence-corrected chi connectivity index (χ2v) is 8.92. The molecule has 0 spiro atoms. The summed E-state index contributed by atoms with van der Waals surface area (Å²) in [4.78, 5) is 29.9. The van der Waals surface area contributed by atoms with Gasteiger partial charge >= 0.3 is 6.09 Å². The fourth-order valence-electron chi connectivity index (χ4n) is 5.09. The third-order valence-corrected chi connectivity index (χ3v) is 6.75. The maximum atomic E-state index is 13.6. The van der Waals surface area contributed by atoms with Gasteiger partial charge in [-0.25, -0.2) is 9.69 Å². The maximum Gasteiger partial charge on any atom is 0.416 e. The first-order valence-electron chi connectivity index (χ1n) is 11.0.